The summed E-state index contributed by atoms with van der Waals surface area (Å²) >= 11 is 0. The van der Waals surface area contributed by atoms with Crippen molar-refractivity contribution < 1.29 is 13.9 Å². The van der Waals surface area contributed by atoms with Crippen LogP contribution in [0.25, 0.3) is 11.5 Å². The van der Waals surface area contributed by atoms with E-state index in [1.165, 1.54) is 12.1 Å². The summed E-state index contributed by atoms with van der Waals surface area (Å²) in [7, 11) is 0. The smallest absolute Gasteiger partial charge is 0.247 e. The van der Waals surface area contributed by atoms with Crippen LogP contribution in [-0.4, -0.2) is 88.5 Å². The van der Waals surface area contributed by atoms with Crippen LogP contribution in [0, 0.1) is 5.82 Å². The van der Waals surface area contributed by atoms with E-state index in [0.717, 1.165) is 58.7 Å². The molecule has 1 N–H and O–H groups in total. The van der Waals surface area contributed by atoms with Crippen molar-refractivity contribution in [3.63, 3.8) is 0 Å². The lowest BCUT2D eigenvalue weighted by molar-refractivity contribution is 0.0500. The van der Waals surface area contributed by atoms with Gasteiger partial charge in [-0.25, -0.2) is 4.39 Å². The predicted octanol–water partition coefficient (Wildman–Crippen LogP) is 1.45. The molecule has 0 unspecified atom stereocenters. The monoisotopic (exact) mass is 389 g/mol. The van der Waals surface area contributed by atoms with Gasteiger partial charge in [0.05, 0.1) is 13.2 Å². The summed E-state index contributed by atoms with van der Waals surface area (Å²) in [5.74, 6) is 0.636. The maximum atomic E-state index is 13.4. The third-order valence-electron chi connectivity index (χ3n) is 5.79. The van der Waals surface area contributed by atoms with E-state index in [9.17, 15) is 4.39 Å². The molecule has 0 atom stereocenters. The van der Waals surface area contributed by atoms with E-state index in [4.69, 9.17) is 9.52 Å². The topological polar surface area (TPSA) is 68.9 Å². The first-order valence-electron chi connectivity index (χ1n) is 10.1. The highest BCUT2D eigenvalue weighted by Gasteiger charge is 2.27. The number of aromatic nitrogens is 2. The van der Waals surface area contributed by atoms with Crippen LogP contribution in [0.3, 0.4) is 0 Å². The SMILES string of the molecule is OCCN1CCN(C2CCN(Cc3nnc(-c4cccc(F)c4)o3)CC2)CC1. The number of benzene rings is 1. The molecule has 0 saturated carbocycles. The molecule has 2 saturated heterocycles. The molecule has 8 heteroatoms. The number of aliphatic hydroxyl groups is 1. The fourth-order valence-corrected chi connectivity index (χ4v) is 4.18. The number of nitrogens with zero attached hydrogens (tertiary/aromatic N) is 5. The van der Waals surface area contributed by atoms with Crippen LogP contribution >= 0.6 is 0 Å². The molecule has 28 heavy (non-hydrogen) atoms. The van der Waals surface area contributed by atoms with E-state index in [2.05, 4.69) is 24.9 Å². The number of likely N-dealkylation sites (tertiary alicyclic amines) is 1. The van der Waals surface area contributed by atoms with Crippen molar-refractivity contribution in [2.45, 2.75) is 25.4 Å². The number of β-amino-alcohol motifs (C(OH)–C–C–N with tert-alkyl or cyclic N) is 1. The molecule has 152 valence electrons. The zero-order valence-corrected chi connectivity index (χ0v) is 16.1. The van der Waals surface area contributed by atoms with Gasteiger partial charge >= 0.3 is 0 Å². The van der Waals surface area contributed by atoms with Gasteiger partial charge in [0.15, 0.2) is 0 Å². The Balaban J connectivity index is 1.25. The average Bonchev–Trinajstić information content (AvgIpc) is 3.18. The van der Waals surface area contributed by atoms with Gasteiger partial charge in [-0.2, -0.15) is 0 Å². The molecular formula is C20H28FN5O2. The lowest BCUT2D eigenvalue weighted by atomic mass is 10.0. The Hall–Kier alpha value is -1.87. The van der Waals surface area contributed by atoms with Gasteiger partial charge in [0.25, 0.3) is 0 Å². The summed E-state index contributed by atoms with van der Waals surface area (Å²) < 4.78 is 19.1. The zero-order chi connectivity index (χ0) is 19.3. The zero-order valence-electron chi connectivity index (χ0n) is 16.1. The van der Waals surface area contributed by atoms with Crippen LogP contribution in [0.15, 0.2) is 28.7 Å². The lowest BCUT2D eigenvalue weighted by Crippen LogP contribution is -2.53. The van der Waals surface area contributed by atoms with E-state index in [1.807, 2.05) is 0 Å². The number of halogens is 1. The average molecular weight is 389 g/mol. The Morgan fingerprint density at radius 2 is 1.82 bits per heavy atom. The Kier molecular flexibility index (Phi) is 6.31. The number of hydrogen-bond acceptors (Lipinski definition) is 7. The minimum Gasteiger partial charge on any atom is -0.419 e. The van der Waals surface area contributed by atoms with Gasteiger partial charge in [-0.1, -0.05) is 6.07 Å². The Morgan fingerprint density at radius 3 is 2.54 bits per heavy atom. The second kappa shape index (κ2) is 9.09. The molecule has 3 heterocycles. The molecule has 0 spiro atoms. The molecule has 2 aromatic rings. The van der Waals surface area contributed by atoms with Crippen LogP contribution in [0.2, 0.25) is 0 Å². The van der Waals surface area contributed by atoms with Crippen LogP contribution in [0.1, 0.15) is 18.7 Å². The number of rotatable bonds is 6. The Bertz CT molecular complexity index is 755. The largest absolute Gasteiger partial charge is 0.419 e. The van der Waals surface area contributed by atoms with Crippen molar-refractivity contribution >= 4 is 0 Å². The van der Waals surface area contributed by atoms with Crippen molar-refractivity contribution in [3.05, 3.63) is 36.0 Å². The lowest BCUT2D eigenvalue weighted by Gasteiger charge is -2.42. The van der Waals surface area contributed by atoms with Gasteiger partial charge in [0, 0.05) is 57.4 Å². The minimum absolute atomic E-state index is 0.245. The third-order valence-corrected chi connectivity index (χ3v) is 5.79. The molecule has 0 bridgehead atoms. The normalized spacial score (nSPS) is 20.6. The summed E-state index contributed by atoms with van der Waals surface area (Å²) in [5.41, 5.74) is 0.609. The van der Waals surface area contributed by atoms with E-state index in [1.54, 1.807) is 12.1 Å². The van der Waals surface area contributed by atoms with Crippen molar-refractivity contribution in [1.29, 1.82) is 0 Å². The maximum Gasteiger partial charge on any atom is 0.247 e. The van der Waals surface area contributed by atoms with Crippen molar-refractivity contribution in [2.24, 2.45) is 0 Å². The molecule has 2 aliphatic rings. The summed E-state index contributed by atoms with van der Waals surface area (Å²) in [5, 5.41) is 17.3. The Labute approximate surface area is 164 Å². The Morgan fingerprint density at radius 1 is 1.04 bits per heavy atom. The summed E-state index contributed by atoms with van der Waals surface area (Å²) in [6, 6.07) is 6.85. The van der Waals surface area contributed by atoms with Crippen LogP contribution in [0.4, 0.5) is 4.39 Å². The van der Waals surface area contributed by atoms with Crippen LogP contribution in [0.5, 0.6) is 0 Å². The molecule has 2 fully saturated rings. The van der Waals surface area contributed by atoms with E-state index >= 15 is 0 Å². The van der Waals surface area contributed by atoms with Gasteiger partial charge in [-0.05, 0) is 31.0 Å². The molecular weight excluding hydrogens is 361 g/mol. The summed E-state index contributed by atoms with van der Waals surface area (Å²) in [6.45, 7) is 7.97. The van der Waals surface area contributed by atoms with E-state index < -0.39 is 0 Å². The second-order valence-electron chi connectivity index (χ2n) is 7.62. The molecule has 1 aromatic heterocycles. The van der Waals surface area contributed by atoms with E-state index in [0.29, 0.717) is 29.9 Å². The van der Waals surface area contributed by atoms with E-state index in [-0.39, 0.29) is 12.4 Å². The maximum absolute atomic E-state index is 13.4. The van der Waals surface area contributed by atoms with Crippen molar-refractivity contribution in [3.8, 4) is 11.5 Å². The second-order valence-corrected chi connectivity index (χ2v) is 7.62. The molecule has 7 nitrogen and oxygen atoms in total. The molecule has 1 aromatic carbocycles. The van der Waals surface area contributed by atoms with Crippen molar-refractivity contribution in [2.75, 3.05) is 52.4 Å². The number of aliphatic hydroxyl groups excluding tert-OH is 1. The van der Waals surface area contributed by atoms with Crippen LogP contribution in [-0.2, 0) is 6.54 Å². The van der Waals surface area contributed by atoms with Crippen molar-refractivity contribution in [1.82, 2.24) is 24.9 Å². The summed E-state index contributed by atoms with van der Waals surface area (Å²) in [6.07, 6.45) is 2.29. The standard InChI is InChI=1S/C20H28FN5O2/c21-17-3-1-2-16(14-17)20-23-22-19(28-20)15-25-6-4-18(5-7-25)26-10-8-24(9-11-26)12-13-27/h1-3,14,18,27H,4-13,15H2. The van der Waals surface area contributed by atoms with Gasteiger partial charge in [-0.3, -0.25) is 14.7 Å². The molecule has 0 amide bonds. The highest BCUT2D eigenvalue weighted by molar-refractivity contribution is 5.52. The number of piperazine rings is 1. The van der Waals surface area contributed by atoms with Gasteiger partial charge in [0.1, 0.15) is 5.82 Å². The molecule has 0 radical (unpaired) electrons. The molecule has 4 rings (SSSR count). The predicted molar refractivity (Wildman–Crippen MR) is 103 cm³/mol. The van der Waals surface area contributed by atoms with Gasteiger partial charge in [0.2, 0.25) is 11.8 Å². The highest BCUT2D eigenvalue weighted by atomic mass is 19.1. The third kappa shape index (κ3) is 4.75. The summed E-state index contributed by atoms with van der Waals surface area (Å²) in [4.78, 5) is 7.28. The van der Waals surface area contributed by atoms with Crippen LogP contribution < -0.4 is 0 Å². The minimum atomic E-state index is -0.309. The first-order valence-corrected chi connectivity index (χ1v) is 10.1. The van der Waals surface area contributed by atoms with Gasteiger partial charge < -0.3 is 9.52 Å². The van der Waals surface area contributed by atoms with Gasteiger partial charge in [-0.15, -0.1) is 10.2 Å². The highest BCUT2D eigenvalue weighted by Crippen LogP contribution is 2.22. The number of hydrogen-bond donors (Lipinski definition) is 1. The molecule has 2 aliphatic heterocycles. The molecule has 0 aliphatic carbocycles. The first-order chi connectivity index (χ1) is 13.7. The fraction of sp³-hybridized carbons (Fsp3) is 0.600. The quantitative estimate of drug-likeness (QED) is 0.802. The number of piperidine rings is 1. The first kappa shape index (κ1) is 19.4. The fourth-order valence-electron chi connectivity index (χ4n) is 4.18.